The Morgan fingerprint density at radius 3 is 2.52 bits per heavy atom. The minimum Gasteiger partial charge on any atom is -0.475 e. The van der Waals surface area contributed by atoms with E-state index in [0.29, 0.717) is 35.3 Å². The van der Waals surface area contributed by atoms with Crippen LogP contribution in [0.5, 0.6) is 0 Å². The predicted molar refractivity (Wildman–Crippen MR) is 141 cm³/mol. The predicted octanol–water partition coefficient (Wildman–Crippen LogP) is 1.75. The van der Waals surface area contributed by atoms with Gasteiger partial charge in [0.2, 0.25) is 11.8 Å². The topological polar surface area (TPSA) is 140 Å². The van der Waals surface area contributed by atoms with Gasteiger partial charge in [0, 0.05) is 39.3 Å². The van der Waals surface area contributed by atoms with Crippen molar-refractivity contribution in [2.45, 2.75) is 38.1 Å². The van der Waals surface area contributed by atoms with Crippen LogP contribution in [-0.4, -0.2) is 66.6 Å². The number of nitrogens with one attached hydrogen (secondary N) is 1. The lowest BCUT2D eigenvalue weighted by atomic mass is 10.1. The lowest BCUT2D eigenvalue weighted by molar-refractivity contribution is -0.192. The number of imidazole rings is 1. The van der Waals surface area contributed by atoms with E-state index in [0.717, 1.165) is 31.6 Å². The Balaban J connectivity index is 0.000000451. The van der Waals surface area contributed by atoms with E-state index < -0.39 is 23.4 Å². The van der Waals surface area contributed by atoms with Crippen molar-refractivity contribution in [3.8, 4) is 0 Å². The van der Waals surface area contributed by atoms with Crippen molar-refractivity contribution >= 4 is 23.1 Å². The van der Waals surface area contributed by atoms with E-state index in [4.69, 9.17) is 19.3 Å². The summed E-state index contributed by atoms with van der Waals surface area (Å²) in [5, 5.41) is 10.6. The molecule has 2 saturated heterocycles. The molecule has 16 heteroatoms. The Morgan fingerprint density at radius 1 is 1.17 bits per heavy atom. The molecule has 0 saturated carbocycles. The van der Waals surface area contributed by atoms with E-state index in [1.807, 2.05) is 4.57 Å². The second-order valence-corrected chi connectivity index (χ2v) is 10.0. The maximum absolute atomic E-state index is 13.7. The molecule has 2 fully saturated rings. The van der Waals surface area contributed by atoms with Crippen LogP contribution in [-0.2, 0) is 31.4 Å². The fourth-order valence-corrected chi connectivity index (χ4v) is 5.38. The van der Waals surface area contributed by atoms with Gasteiger partial charge in [0.15, 0.2) is 11.2 Å². The summed E-state index contributed by atoms with van der Waals surface area (Å²) in [7, 11) is 1.63. The third-order valence-electron chi connectivity index (χ3n) is 7.47. The van der Waals surface area contributed by atoms with E-state index in [1.54, 1.807) is 25.4 Å². The molecule has 2 unspecified atom stereocenters. The summed E-state index contributed by atoms with van der Waals surface area (Å²) >= 11 is 0. The van der Waals surface area contributed by atoms with Crippen LogP contribution >= 0.6 is 0 Å². The Bertz CT molecular complexity index is 1690. The van der Waals surface area contributed by atoms with Crippen molar-refractivity contribution in [1.29, 1.82) is 0 Å². The van der Waals surface area contributed by atoms with E-state index in [9.17, 15) is 27.2 Å². The summed E-state index contributed by atoms with van der Waals surface area (Å²) in [6.07, 6.45) is -0.556. The van der Waals surface area contributed by atoms with Gasteiger partial charge in [-0.15, -0.1) is 0 Å². The fraction of sp³-hybridized carbons (Fsp3) is 0.423. The third kappa shape index (κ3) is 5.66. The number of oxazole rings is 1. The average molecular weight is 594 g/mol. The monoisotopic (exact) mass is 593 g/mol. The van der Waals surface area contributed by atoms with Crippen LogP contribution in [0.1, 0.15) is 17.9 Å². The maximum atomic E-state index is 13.7. The van der Waals surface area contributed by atoms with Gasteiger partial charge in [-0.2, -0.15) is 18.2 Å². The largest absolute Gasteiger partial charge is 0.490 e. The molecule has 1 aromatic carbocycles. The molecule has 6 rings (SSSR count). The molecule has 0 radical (unpaired) electrons. The Kier molecular flexibility index (Phi) is 7.90. The first-order chi connectivity index (χ1) is 20.0. The number of nitrogens with zero attached hydrogens (tertiary/aromatic N) is 6. The van der Waals surface area contributed by atoms with Gasteiger partial charge in [-0.3, -0.25) is 18.5 Å². The third-order valence-corrected chi connectivity index (χ3v) is 7.47. The van der Waals surface area contributed by atoms with E-state index in [-0.39, 0.29) is 24.9 Å². The highest BCUT2D eigenvalue weighted by Gasteiger charge is 2.40. The molecule has 2 aliphatic rings. The number of fused-ring (bicyclic) bond motifs is 2. The summed E-state index contributed by atoms with van der Waals surface area (Å²) in [5.41, 5.74) is 0.684. The van der Waals surface area contributed by atoms with Crippen molar-refractivity contribution < 1.29 is 31.9 Å². The zero-order valence-corrected chi connectivity index (χ0v) is 22.3. The molecule has 3 aromatic heterocycles. The minimum atomic E-state index is -5.08. The normalized spacial score (nSPS) is 18.3. The van der Waals surface area contributed by atoms with Crippen molar-refractivity contribution in [1.82, 2.24) is 29.0 Å². The Morgan fingerprint density at radius 2 is 1.88 bits per heavy atom. The summed E-state index contributed by atoms with van der Waals surface area (Å²) in [4.78, 5) is 47.1. The first kappa shape index (κ1) is 29.0. The number of carbonyl (C=O) groups is 1. The number of alkyl halides is 3. The van der Waals surface area contributed by atoms with Gasteiger partial charge in [0.05, 0.1) is 6.20 Å². The number of hydrogen-bond acceptors (Lipinski definition) is 8. The first-order valence-corrected chi connectivity index (χ1v) is 13.1. The van der Waals surface area contributed by atoms with Crippen LogP contribution in [0.2, 0.25) is 0 Å². The van der Waals surface area contributed by atoms with E-state index >= 15 is 0 Å². The number of hydrogen-bond donors (Lipinski definition) is 2. The van der Waals surface area contributed by atoms with Crippen molar-refractivity contribution in [3.63, 3.8) is 0 Å². The van der Waals surface area contributed by atoms with Gasteiger partial charge in [-0.1, -0.05) is 12.1 Å². The zero-order valence-electron chi connectivity index (χ0n) is 22.3. The Labute approximate surface area is 234 Å². The molecule has 0 amide bonds. The molecule has 0 aliphatic carbocycles. The van der Waals surface area contributed by atoms with Crippen LogP contribution in [0, 0.1) is 11.7 Å². The number of aryl methyl sites for hydroxylation is 2. The van der Waals surface area contributed by atoms with Crippen LogP contribution < -0.4 is 21.5 Å². The van der Waals surface area contributed by atoms with Crippen molar-refractivity contribution in [3.05, 3.63) is 74.8 Å². The van der Waals surface area contributed by atoms with Gasteiger partial charge in [-0.05, 0) is 36.5 Å². The molecule has 12 nitrogen and oxygen atoms in total. The Hall–Kier alpha value is -4.47. The highest BCUT2D eigenvalue weighted by molar-refractivity contribution is 5.75. The second-order valence-electron chi connectivity index (χ2n) is 10.0. The average Bonchev–Trinajstić information content (AvgIpc) is 3.74. The molecule has 2 aliphatic heterocycles. The molecule has 5 heterocycles. The van der Waals surface area contributed by atoms with Crippen molar-refractivity contribution in [2.75, 3.05) is 24.5 Å². The fourth-order valence-electron chi connectivity index (χ4n) is 5.38. The number of rotatable bonds is 6. The number of halogens is 4. The SMILES string of the molecule is Cn1c(=O)n(CCc2ccc(F)cc2)c(=O)c2c1nc(N1CCC3CNCC31)n2Cc1ncco1.O=C(O)C(F)(F)F. The van der Waals surface area contributed by atoms with Crippen LogP contribution in [0.4, 0.5) is 23.5 Å². The minimum absolute atomic E-state index is 0.172. The van der Waals surface area contributed by atoms with Gasteiger partial charge >= 0.3 is 17.8 Å². The van der Waals surface area contributed by atoms with E-state index in [2.05, 4.69) is 15.2 Å². The second kappa shape index (κ2) is 11.4. The molecule has 0 bridgehead atoms. The first-order valence-electron chi connectivity index (χ1n) is 13.1. The lowest BCUT2D eigenvalue weighted by Gasteiger charge is -2.25. The summed E-state index contributed by atoms with van der Waals surface area (Å²) in [5.74, 6) is -1.45. The quantitative estimate of drug-likeness (QED) is 0.320. The molecule has 4 aromatic rings. The number of carboxylic acid groups (broad SMARTS) is 1. The molecular formula is C26H27F4N7O5. The summed E-state index contributed by atoms with van der Waals surface area (Å²) in [6.45, 7) is 3.05. The van der Waals surface area contributed by atoms with Gasteiger partial charge in [0.1, 0.15) is 18.6 Å². The maximum Gasteiger partial charge on any atom is 0.490 e. The highest BCUT2D eigenvalue weighted by Crippen LogP contribution is 2.33. The number of carboxylic acids is 1. The molecule has 2 atom stereocenters. The zero-order chi connectivity index (χ0) is 30.2. The molecule has 224 valence electrons. The van der Waals surface area contributed by atoms with Gasteiger partial charge in [0.25, 0.3) is 5.56 Å². The van der Waals surface area contributed by atoms with Crippen LogP contribution in [0.15, 0.2) is 50.7 Å². The molecule has 2 N–H and O–H groups in total. The van der Waals surface area contributed by atoms with Crippen LogP contribution in [0.25, 0.3) is 11.2 Å². The standard InChI is InChI=1S/C24H26FN7O3.C2HF3O2/c1-29-21-20(22(33)31(24(29)34)9-6-15-2-4-17(25)5-3-15)32(14-19-27-8-11-35-19)23(28-21)30-10-7-16-12-26-13-18(16)30;3-2(4,5)1(6)7/h2-5,8,11,16,18,26H,6-7,9-10,12-14H2,1H3;(H,6,7). The molecular weight excluding hydrogens is 566 g/mol. The van der Waals surface area contributed by atoms with Crippen molar-refractivity contribution in [2.24, 2.45) is 13.0 Å². The van der Waals surface area contributed by atoms with Crippen LogP contribution in [0.3, 0.4) is 0 Å². The molecule has 42 heavy (non-hydrogen) atoms. The van der Waals surface area contributed by atoms with E-state index in [1.165, 1.54) is 27.5 Å². The number of aliphatic carboxylic acids is 1. The number of anilines is 1. The number of benzene rings is 1. The summed E-state index contributed by atoms with van der Waals surface area (Å²) < 4.78 is 55.0. The summed E-state index contributed by atoms with van der Waals surface area (Å²) in [6, 6.07) is 6.35. The smallest absolute Gasteiger partial charge is 0.475 e. The van der Waals surface area contributed by atoms with Gasteiger partial charge < -0.3 is 19.7 Å². The van der Waals surface area contributed by atoms with Gasteiger partial charge in [-0.25, -0.2) is 19.0 Å². The highest BCUT2D eigenvalue weighted by atomic mass is 19.4. The number of aromatic nitrogens is 5. The lowest BCUT2D eigenvalue weighted by Crippen LogP contribution is -2.40. The molecule has 0 spiro atoms.